The molecule has 0 aromatic heterocycles. The molecule has 0 aromatic carbocycles. The van der Waals surface area contributed by atoms with Gasteiger partial charge in [-0.15, -0.1) is 0 Å². The second-order valence-electron chi connectivity index (χ2n) is 4.75. The maximum absolute atomic E-state index is 9.29. The summed E-state index contributed by atoms with van der Waals surface area (Å²) in [5.41, 5.74) is 0. The predicted molar refractivity (Wildman–Crippen MR) is 55.7 cm³/mol. The van der Waals surface area contributed by atoms with Crippen molar-refractivity contribution in [1.82, 2.24) is 4.90 Å². The van der Waals surface area contributed by atoms with Gasteiger partial charge in [-0.2, -0.15) is 0 Å². The van der Waals surface area contributed by atoms with Gasteiger partial charge in [0.1, 0.15) is 0 Å². The second-order valence-corrected chi connectivity index (χ2v) is 4.75. The van der Waals surface area contributed by atoms with Gasteiger partial charge in [0, 0.05) is 13.1 Å². The molecule has 0 radical (unpaired) electrons. The summed E-state index contributed by atoms with van der Waals surface area (Å²) in [7, 11) is 0. The van der Waals surface area contributed by atoms with Crippen molar-refractivity contribution in [3.8, 4) is 0 Å². The zero-order chi connectivity index (χ0) is 9.84. The number of likely N-dealkylation sites (tertiary alicyclic amines) is 1. The Morgan fingerprint density at radius 1 is 1.38 bits per heavy atom. The molecule has 0 saturated carbocycles. The van der Waals surface area contributed by atoms with E-state index in [1.54, 1.807) is 0 Å². The van der Waals surface area contributed by atoms with Crippen LogP contribution >= 0.6 is 0 Å². The topological polar surface area (TPSA) is 23.5 Å². The van der Waals surface area contributed by atoms with E-state index in [0.717, 1.165) is 18.4 Å². The molecule has 0 bridgehead atoms. The van der Waals surface area contributed by atoms with Gasteiger partial charge in [0.15, 0.2) is 0 Å². The van der Waals surface area contributed by atoms with E-state index in [-0.39, 0.29) is 6.10 Å². The van der Waals surface area contributed by atoms with Crippen LogP contribution in [0.15, 0.2) is 0 Å². The highest BCUT2D eigenvalue weighted by atomic mass is 16.3. The van der Waals surface area contributed by atoms with E-state index < -0.39 is 0 Å². The summed E-state index contributed by atoms with van der Waals surface area (Å²) in [5.74, 6) is 1.63. The summed E-state index contributed by atoms with van der Waals surface area (Å²) in [6.07, 6.45) is 2.50. The van der Waals surface area contributed by atoms with E-state index in [2.05, 4.69) is 18.7 Å². The van der Waals surface area contributed by atoms with E-state index >= 15 is 0 Å². The van der Waals surface area contributed by atoms with Crippen LogP contribution < -0.4 is 0 Å². The number of nitrogens with zero attached hydrogens (tertiary/aromatic N) is 1. The van der Waals surface area contributed by atoms with Crippen LogP contribution in [0, 0.1) is 11.8 Å². The molecule has 1 heterocycles. The molecule has 0 amide bonds. The van der Waals surface area contributed by atoms with Crippen LogP contribution in [0.1, 0.15) is 33.6 Å². The average Bonchev–Trinajstić information content (AvgIpc) is 2.03. The second kappa shape index (κ2) is 4.97. The Morgan fingerprint density at radius 2 is 2.08 bits per heavy atom. The molecule has 78 valence electrons. The van der Waals surface area contributed by atoms with Gasteiger partial charge in [0.2, 0.25) is 0 Å². The Balaban J connectivity index is 2.33. The molecule has 0 aliphatic carbocycles. The Hall–Kier alpha value is -0.0800. The fraction of sp³-hybridized carbons (Fsp3) is 1.00. The van der Waals surface area contributed by atoms with Gasteiger partial charge >= 0.3 is 0 Å². The molecule has 1 unspecified atom stereocenters. The zero-order valence-corrected chi connectivity index (χ0v) is 9.16. The van der Waals surface area contributed by atoms with Gasteiger partial charge in [-0.1, -0.05) is 13.8 Å². The Morgan fingerprint density at radius 3 is 2.62 bits per heavy atom. The van der Waals surface area contributed by atoms with Crippen molar-refractivity contribution in [1.29, 1.82) is 0 Å². The molecule has 1 fully saturated rings. The van der Waals surface area contributed by atoms with Crippen LogP contribution in [-0.2, 0) is 0 Å². The minimum Gasteiger partial charge on any atom is -0.392 e. The largest absolute Gasteiger partial charge is 0.392 e. The van der Waals surface area contributed by atoms with Crippen molar-refractivity contribution in [3.63, 3.8) is 0 Å². The van der Waals surface area contributed by atoms with E-state index in [1.165, 1.54) is 25.9 Å². The SMILES string of the molecule is CC(C)C1CCCN(C[C@H](C)O)C1. The molecule has 2 nitrogen and oxygen atoms in total. The first kappa shape index (κ1) is 11.0. The van der Waals surface area contributed by atoms with Crippen LogP contribution in [-0.4, -0.2) is 35.7 Å². The van der Waals surface area contributed by atoms with Crippen LogP contribution in [0.3, 0.4) is 0 Å². The fourth-order valence-corrected chi connectivity index (χ4v) is 2.17. The Kier molecular flexibility index (Phi) is 4.20. The average molecular weight is 185 g/mol. The molecule has 1 aliphatic rings. The van der Waals surface area contributed by atoms with Gasteiger partial charge in [-0.3, -0.25) is 0 Å². The Bertz CT molecular complexity index is 145. The fourth-order valence-electron chi connectivity index (χ4n) is 2.17. The van der Waals surface area contributed by atoms with Gasteiger partial charge < -0.3 is 10.0 Å². The van der Waals surface area contributed by atoms with Crippen molar-refractivity contribution < 1.29 is 5.11 Å². The first-order chi connectivity index (χ1) is 6.09. The van der Waals surface area contributed by atoms with Gasteiger partial charge in [-0.25, -0.2) is 0 Å². The quantitative estimate of drug-likeness (QED) is 0.724. The smallest absolute Gasteiger partial charge is 0.0639 e. The summed E-state index contributed by atoms with van der Waals surface area (Å²) >= 11 is 0. The van der Waals surface area contributed by atoms with E-state index in [0.29, 0.717) is 0 Å². The van der Waals surface area contributed by atoms with Crippen molar-refractivity contribution in [2.45, 2.75) is 39.7 Å². The molecule has 13 heavy (non-hydrogen) atoms. The number of hydrogen-bond donors (Lipinski definition) is 1. The maximum atomic E-state index is 9.29. The van der Waals surface area contributed by atoms with Crippen LogP contribution in [0.2, 0.25) is 0 Å². The molecule has 1 N–H and O–H groups in total. The van der Waals surface area contributed by atoms with Crippen molar-refractivity contribution in [2.75, 3.05) is 19.6 Å². The number of β-amino-alcohol motifs (C(OH)–C–C–N with tert-alkyl or cyclic N) is 1. The lowest BCUT2D eigenvalue weighted by molar-refractivity contribution is 0.0834. The molecule has 1 saturated heterocycles. The minimum atomic E-state index is -0.175. The number of aliphatic hydroxyl groups excluding tert-OH is 1. The molecule has 0 aromatic rings. The summed E-state index contributed by atoms with van der Waals surface area (Å²) in [4.78, 5) is 2.40. The molecule has 1 aliphatic heterocycles. The standard InChI is InChI=1S/C11H23NO/c1-9(2)11-5-4-6-12(8-11)7-10(3)13/h9-11,13H,4-8H2,1-3H3/t10-,11?/m0/s1. The number of aliphatic hydroxyl groups is 1. The highest BCUT2D eigenvalue weighted by Gasteiger charge is 2.22. The minimum absolute atomic E-state index is 0.175. The first-order valence-corrected chi connectivity index (χ1v) is 5.50. The van der Waals surface area contributed by atoms with Gasteiger partial charge in [0.05, 0.1) is 6.10 Å². The maximum Gasteiger partial charge on any atom is 0.0639 e. The monoisotopic (exact) mass is 185 g/mol. The number of piperidine rings is 1. The molecule has 0 spiro atoms. The third-order valence-corrected chi connectivity index (χ3v) is 3.01. The molecular formula is C11H23NO. The van der Waals surface area contributed by atoms with Crippen molar-refractivity contribution >= 4 is 0 Å². The highest BCUT2D eigenvalue weighted by molar-refractivity contribution is 4.75. The van der Waals surface area contributed by atoms with E-state index in [1.807, 2.05) is 6.92 Å². The normalized spacial score (nSPS) is 27.9. The lowest BCUT2D eigenvalue weighted by atomic mass is 9.88. The van der Waals surface area contributed by atoms with E-state index in [9.17, 15) is 5.11 Å². The summed E-state index contributed by atoms with van der Waals surface area (Å²) in [6.45, 7) is 9.69. The lowest BCUT2D eigenvalue weighted by Gasteiger charge is -2.35. The van der Waals surface area contributed by atoms with Crippen molar-refractivity contribution in [2.24, 2.45) is 11.8 Å². The number of rotatable bonds is 3. The molecule has 1 rings (SSSR count). The zero-order valence-electron chi connectivity index (χ0n) is 9.16. The summed E-state index contributed by atoms with van der Waals surface area (Å²) in [5, 5.41) is 9.29. The molecule has 2 heteroatoms. The van der Waals surface area contributed by atoms with Crippen LogP contribution in [0.4, 0.5) is 0 Å². The van der Waals surface area contributed by atoms with Crippen LogP contribution in [0.25, 0.3) is 0 Å². The molecular weight excluding hydrogens is 162 g/mol. The van der Waals surface area contributed by atoms with Crippen molar-refractivity contribution in [3.05, 3.63) is 0 Å². The molecule has 2 atom stereocenters. The highest BCUT2D eigenvalue weighted by Crippen LogP contribution is 2.23. The van der Waals surface area contributed by atoms with E-state index in [4.69, 9.17) is 0 Å². The van der Waals surface area contributed by atoms with Gasteiger partial charge in [-0.05, 0) is 38.1 Å². The third-order valence-electron chi connectivity index (χ3n) is 3.01. The predicted octanol–water partition coefficient (Wildman–Crippen LogP) is 1.74. The summed E-state index contributed by atoms with van der Waals surface area (Å²) in [6, 6.07) is 0. The number of hydrogen-bond acceptors (Lipinski definition) is 2. The summed E-state index contributed by atoms with van der Waals surface area (Å²) < 4.78 is 0. The lowest BCUT2D eigenvalue weighted by Crippen LogP contribution is -2.40. The Labute approximate surface area is 81.9 Å². The van der Waals surface area contributed by atoms with Crippen LogP contribution in [0.5, 0.6) is 0 Å². The third kappa shape index (κ3) is 3.65. The van der Waals surface area contributed by atoms with Gasteiger partial charge in [0.25, 0.3) is 0 Å². The first-order valence-electron chi connectivity index (χ1n) is 5.50.